The van der Waals surface area contributed by atoms with Crippen LogP contribution in [0.4, 0.5) is 0 Å². The zero-order valence-corrected chi connectivity index (χ0v) is 9.79. The molecule has 0 amide bonds. The first-order valence-corrected chi connectivity index (χ1v) is 6.45. The maximum atomic E-state index is 12.1. The van der Waals surface area contributed by atoms with Gasteiger partial charge in [-0.15, -0.1) is 0 Å². The normalized spacial score (nSPS) is 17.8. The average Bonchev–Trinajstić information content (AvgIpc) is 2.49. The van der Waals surface area contributed by atoms with Crippen LogP contribution in [-0.2, 0) is 9.84 Å². The quantitative estimate of drug-likeness (QED) is 0.785. The number of hydrogen-bond acceptors (Lipinski definition) is 2. The summed E-state index contributed by atoms with van der Waals surface area (Å²) in [5.74, 6) is 0. The van der Waals surface area contributed by atoms with Gasteiger partial charge in [0.05, 0.1) is 9.80 Å². The van der Waals surface area contributed by atoms with Crippen LogP contribution in [0.3, 0.4) is 0 Å². The Balaban J connectivity index is 2.86. The van der Waals surface area contributed by atoms with Crippen molar-refractivity contribution in [2.75, 3.05) is 0 Å². The summed E-state index contributed by atoms with van der Waals surface area (Å²) in [5, 5.41) is 0. The third-order valence-corrected chi connectivity index (χ3v) is 4.44. The van der Waals surface area contributed by atoms with Crippen LogP contribution in [0, 0.1) is 0 Å². The maximum absolute atomic E-state index is 12.1. The Labute approximate surface area is 95.5 Å². The topological polar surface area (TPSA) is 34.1 Å². The van der Waals surface area contributed by atoms with Gasteiger partial charge in [0, 0.05) is 11.1 Å². The minimum atomic E-state index is -3.36. The predicted molar refractivity (Wildman–Crippen MR) is 65.6 cm³/mol. The summed E-state index contributed by atoms with van der Waals surface area (Å²) >= 11 is 0. The molecule has 16 heavy (non-hydrogen) atoms. The lowest BCUT2D eigenvalue weighted by Crippen LogP contribution is -1.97. The fourth-order valence-electron chi connectivity index (χ4n) is 1.88. The predicted octanol–water partition coefficient (Wildman–Crippen LogP) is 2.95. The summed E-state index contributed by atoms with van der Waals surface area (Å²) in [5.41, 5.74) is 1.49. The van der Waals surface area contributed by atoms with Gasteiger partial charge in [-0.3, -0.25) is 0 Å². The highest BCUT2D eigenvalue weighted by Gasteiger charge is 2.31. The molecule has 2 nitrogen and oxygen atoms in total. The molecule has 1 aliphatic rings. The van der Waals surface area contributed by atoms with Gasteiger partial charge in [-0.2, -0.15) is 0 Å². The molecule has 0 saturated heterocycles. The lowest BCUT2D eigenvalue weighted by molar-refractivity contribution is 0.604. The summed E-state index contributed by atoms with van der Waals surface area (Å²) in [6.45, 7) is 5.45. The summed E-state index contributed by atoms with van der Waals surface area (Å²) in [7, 11) is -3.36. The molecule has 0 fully saturated rings. The molecule has 0 spiro atoms. The van der Waals surface area contributed by atoms with E-state index < -0.39 is 9.84 Å². The third kappa shape index (κ3) is 1.36. The molecule has 0 aromatic heterocycles. The largest absolute Gasteiger partial charge is 0.218 e. The molecule has 2 rings (SSSR count). The molecule has 1 aromatic rings. The van der Waals surface area contributed by atoms with Crippen LogP contribution < -0.4 is 0 Å². The molecular formula is C13H12O2S. The van der Waals surface area contributed by atoms with Gasteiger partial charge >= 0.3 is 0 Å². The summed E-state index contributed by atoms with van der Waals surface area (Å²) in [6.07, 6.45) is 5.04. The number of allylic oxidation sites excluding steroid dienone is 4. The number of sulfone groups is 1. The summed E-state index contributed by atoms with van der Waals surface area (Å²) in [4.78, 5) is 0.671. The van der Waals surface area contributed by atoms with Gasteiger partial charge in [-0.05, 0) is 19.1 Å². The SMILES string of the molecule is C=CC1=C(/C=C\C)c2ccccc2S1(=O)=O. The van der Waals surface area contributed by atoms with Gasteiger partial charge < -0.3 is 0 Å². The number of rotatable bonds is 2. The fourth-order valence-corrected chi connectivity index (χ4v) is 3.53. The second kappa shape index (κ2) is 3.76. The van der Waals surface area contributed by atoms with Crippen molar-refractivity contribution in [2.45, 2.75) is 11.8 Å². The molecule has 82 valence electrons. The van der Waals surface area contributed by atoms with Crippen LogP contribution in [0.15, 0.2) is 58.9 Å². The molecular weight excluding hydrogens is 220 g/mol. The Morgan fingerprint density at radius 1 is 1.25 bits per heavy atom. The highest BCUT2D eigenvalue weighted by atomic mass is 32.2. The fraction of sp³-hybridized carbons (Fsp3) is 0.0769. The molecule has 1 aromatic carbocycles. The minimum absolute atomic E-state index is 0.298. The van der Waals surface area contributed by atoms with Crippen molar-refractivity contribution in [3.63, 3.8) is 0 Å². The van der Waals surface area contributed by atoms with Crippen molar-refractivity contribution in [1.29, 1.82) is 0 Å². The van der Waals surface area contributed by atoms with Gasteiger partial charge in [-0.25, -0.2) is 8.42 Å². The van der Waals surface area contributed by atoms with E-state index in [1.54, 1.807) is 18.2 Å². The van der Waals surface area contributed by atoms with Crippen molar-refractivity contribution in [2.24, 2.45) is 0 Å². The average molecular weight is 232 g/mol. The van der Waals surface area contributed by atoms with E-state index in [1.807, 2.05) is 25.1 Å². The monoisotopic (exact) mass is 232 g/mol. The van der Waals surface area contributed by atoms with Crippen molar-refractivity contribution in [1.82, 2.24) is 0 Å². The highest BCUT2D eigenvalue weighted by Crippen LogP contribution is 2.39. The third-order valence-electron chi connectivity index (χ3n) is 2.54. The Bertz CT molecular complexity index is 605. The van der Waals surface area contributed by atoms with E-state index in [0.717, 1.165) is 11.1 Å². The van der Waals surface area contributed by atoms with E-state index in [0.29, 0.717) is 9.80 Å². The van der Waals surface area contributed by atoms with Gasteiger partial charge in [0.1, 0.15) is 0 Å². The van der Waals surface area contributed by atoms with E-state index in [2.05, 4.69) is 6.58 Å². The molecule has 0 N–H and O–H groups in total. The van der Waals surface area contributed by atoms with E-state index in [-0.39, 0.29) is 0 Å². The Morgan fingerprint density at radius 3 is 2.56 bits per heavy atom. The molecule has 0 saturated carbocycles. The first-order chi connectivity index (χ1) is 7.62. The molecule has 0 aliphatic carbocycles. The molecule has 3 heteroatoms. The second-order valence-electron chi connectivity index (χ2n) is 3.48. The van der Waals surface area contributed by atoms with Crippen LogP contribution in [0.2, 0.25) is 0 Å². The van der Waals surface area contributed by atoms with Gasteiger partial charge in [-0.1, -0.05) is 36.9 Å². The molecule has 1 heterocycles. The number of hydrogen-bond donors (Lipinski definition) is 0. The van der Waals surface area contributed by atoms with Gasteiger partial charge in [0.2, 0.25) is 9.84 Å². The number of benzene rings is 1. The van der Waals surface area contributed by atoms with E-state index in [4.69, 9.17) is 0 Å². The Hall–Kier alpha value is -1.61. The first-order valence-electron chi connectivity index (χ1n) is 4.97. The standard InChI is InChI=1S/C13H12O2S/c1-3-7-10-11-8-5-6-9-13(11)16(14,15)12(10)4-2/h3-9H,2H2,1H3/b7-3-. The van der Waals surface area contributed by atoms with Crippen LogP contribution in [0.1, 0.15) is 12.5 Å². The molecule has 0 unspecified atom stereocenters. The van der Waals surface area contributed by atoms with Crippen LogP contribution >= 0.6 is 0 Å². The second-order valence-corrected chi connectivity index (χ2v) is 5.37. The first kappa shape index (κ1) is 10.9. The maximum Gasteiger partial charge on any atom is 0.207 e. The lowest BCUT2D eigenvalue weighted by atomic mass is 10.1. The minimum Gasteiger partial charge on any atom is -0.218 e. The molecule has 0 bridgehead atoms. The van der Waals surface area contributed by atoms with Crippen LogP contribution in [0.25, 0.3) is 5.57 Å². The van der Waals surface area contributed by atoms with Crippen LogP contribution in [0.5, 0.6) is 0 Å². The van der Waals surface area contributed by atoms with Crippen molar-refractivity contribution in [3.8, 4) is 0 Å². The van der Waals surface area contributed by atoms with Gasteiger partial charge in [0.25, 0.3) is 0 Å². The van der Waals surface area contributed by atoms with Crippen molar-refractivity contribution < 1.29 is 8.42 Å². The summed E-state index contributed by atoms with van der Waals surface area (Å²) < 4.78 is 24.3. The van der Waals surface area contributed by atoms with Crippen LogP contribution in [-0.4, -0.2) is 8.42 Å². The van der Waals surface area contributed by atoms with E-state index in [9.17, 15) is 8.42 Å². The van der Waals surface area contributed by atoms with E-state index in [1.165, 1.54) is 6.08 Å². The lowest BCUT2D eigenvalue weighted by Gasteiger charge is -1.97. The zero-order chi connectivity index (χ0) is 11.8. The molecule has 1 aliphatic heterocycles. The smallest absolute Gasteiger partial charge is 0.207 e. The molecule has 0 radical (unpaired) electrons. The Kier molecular flexibility index (Phi) is 2.56. The van der Waals surface area contributed by atoms with E-state index >= 15 is 0 Å². The van der Waals surface area contributed by atoms with Crippen molar-refractivity contribution in [3.05, 3.63) is 59.5 Å². The number of fused-ring (bicyclic) bond motifs is 1. The molecule has 0 atom stereocenters. The summed E-state index contributed by atoms with van der Waals surface area (Å²) in [6, 6.07) is 7.02. The Morgan fingerprint density at radius 2 is 1.94 bits per heavy atom. The zero-order valence-electron chi connectivity index (χ0n) is 8.97. The van der Waals surface area contributed by atoms with Gasteiger partial charge in [0.15, 0.2) is 0 Å². The highest BCUT2D eigenvalue weighted by molar-refractivity contribution is 7.96. The van der Waals surface area contributed by atoms with Crippen molar-refractivity contribution >= 4 is 15.4 Å².